The molecule has 0 saturated heterocycles. The quantitative estimate of drug-likeness (QED) is 0.755. The summed E-state index contributed by atoms with van der Waals surface area (Å²) in [6.07, 6.45) is 5.56. The van der Waals surface area contributed by atoms with Gasteiger partial charge in [0.05, 0.1) is 0 Å². The molecule has 0 atom stereocenters. The van der Waals surface area contributed by atoms with Crippen molar-refractivity contribution in [3.8, 4) is 0 Å². The highest BCUT2D eigenvalue weighted by Gasteiger charge is 2.00. The minimum Gasteiger partial charge on any atom is -0.330 e. The van der Waals surface area contributed by atoms with E-state index in [2.05, 4.69) is 23.8 Å². The van der Waals surface area contributed by atoms with Crippen molar-refractivity contribution in [2.24, 2.45) is 11.7 Å². The molecule has 0 spiro atoms. The second kappa shape index (κ2) is 4.92. The largest absolute Gasteiger partial charge is 0.330 e. The van der Waals surface area contributed by atoms with Crippen LogP contribution in [0, 0.1) is 5.92 Å². The predicted octanol–water partition coefficient (Wildman–Crippen LogP) is 1.18. The van der Waals surface area contributed by atoms with E-state index in [0.29, 0.717) is 12.5 Å². The molecule has 3 nitrogen and oxygen atoms in total. The van der Waals surface area contributed by atoms with E-state index in [1.165, 1.54) is 0 Å². The van der Waals surface area contributed by atoms with Gasteiger partial charge in [0.25, 0.3) is 0 Å². The van der Waals surface area contributed by atoms with Crippen LogP contribution in [-0.2, 0) is 12.8 Å². The molecular weight excluding hydrogens is 162 g/mol. The van der Waals surface area contributed by atoms with Gasteiger partial charge in [-0.25, -0.2) is 9.97 Å². The zero-order valence-corrected chi connectivity index (χ0v) is 8.33. The minimum atomic E-state index is 0.611. The molecule has 1 rings (SSSR count). The third kappa shape index (κ3) is 3.51. The maximum atomic E-state index is 5.42. The van der Waals surface area contributed by atoms with Gasteiger partial charge < -0.3 is 5.73 Å². The fraction of sp³-hybridized carbons (Fsp3) is 0.600. The van der Waals surface area contributed by atoms with Crippen molar-refractivity contribution in [2.75, 3.05) is 6.54 Å². The molecule has 1 heterocycles. The first-order valence-electron chi connectivity index (χ1n) is 4.72. The van der Waals surface area contributed by atoms with Gasteiger partial charge >= 0.3 is 0 Å². The Bertz CT molecular complexity index is 241. The molecule has 0 amide bonds. The topological polar surface area (TPSA) is 51.8 Å². The van der Waals surface area contributed by atoms with E-state index in [1.807, 2.05) is 12.4 Å². The van der Waals surface area contributed by atoms with Crippen molar-refractivity contribution in [1.29, 1.82) is 0 Å². The van der Waals surface area contributed by atoms with Gasteiger partial charge in [-0.2, -0.15) is 0 Å². The number of hydrogen-bond acceptors (Lipinski definition) is 3. The molecule has 2 N–H and O–H groups in total. The van der Waals surface area contributed by atoms with Gasteiger partial charge in [0, 0.05) is 18.8 Å². The molecular formula is C10H17N3. The number of aromatic nitrogens is 2. The van der Waals surface area contributed by atoms with E-state index < -0.39 is 0 Å². The van der Waals surface area contributed by atoms with Crippen molar-refractivity contribution in [2.45, 2.75) is 26.7 Å². The van der Waals surface area contributed by atoms with E-state index in [9.17, 15) is 0 Å². The van der Waals surface area contributed by atoms with Gasteiger partial charge in [-0.3, -0.25) is 0 Å². The lowest BCUT2D eigenvalue weighted by Gasteiger charge is -2.03. The van der Waals surface area contributed by atoms with Crippen LogP contribution in [0.25, 0.3) is 0 Å². The van der Waals surface area contributed by atoms with Crippen molar-refractivity contribution < 1.29 is 0 Å². The number of nitrogens with zero attached hydrogens (tertiary/aromatic N) is 2. The molecule has 0 aliphatic heterocycles. The first-order chi connectivity index (χ1) is 6.22. The van der Waals surface area contributed by atoms with Crippen molar-refractivity contribution >= 4 is 0 Å². The van der Waals surface area contributed by atoms with Gasteiger partial charge in [-0.1, -0.05) is 13.8 Å². The van der Waals surface area contributed by atoms with Crippen LogP contribution in [0.1, 0.15) is 25.2 Å². The standard InChI is InChI=1S/C10H17N3/c1-8(2)5-10-12-6-9(3-4-11)7-13-10/h6-8H,3-5,11H2,1-2H3. The summed E-state index contributed by atoms with van der Waals surface area (Å²) in [5.74, 6) is 1.54. The van der Waals surface area contributed by atoms with E-state index >= 15 is 0 Å². The Hall–Kier alpha value is -0.960. The highest BCUT2D eigenvalue weighted by molar-refractivity contribution is 5.05. The molecule has 3 heteroatoms. The summed E-state index contributed by atoms with van der Waals surface area (Å²) < 4.78 is 0. The van der Waals surface area contributed by atoms with Crippen LogP contribution in [0.5, 0.6) is 0 Å². The zero-order chi connectivity index (χ0) is 9.68. The van der Waals surface area contributed by atoms with Crippen LogP contribution in [0.4, 0.5) is 0 Å². The molecule has 72 valence electrons. The smallest absolute Gasteiger partial charge is 0.128 e. The summed E-state index contributed by atoms with van der Waals surface area (Å²) >= 11 is 0. The third-order valence-electron chi connectivity index (χ3n) is 1.78. The number of rotatable bonds is 4. The van der Waals surface area contributed by atoms with E-state index in [0.717, 1.165) is 24.2 Å². The van der Waals surface area contributed by atoms with Crippen molar-refractivity contribution in [1.82, 2.24) is 9.97 Å². The highest BCUT2D eigenvalue weighted by atomic mass is 14.9. The second-order valence-corrected chi connectivity index (χ2v) is 3.64. The van der Waals surface area contributed by atoms with E-state index in [-0.39, 0.29) is 0 Å². The first kappa shape index (κ1) is 10.1. The molecule has 1 aromatic heterocycles. The van der Waals surface area contributed by atoms with Crippen LogP contribution in [0.3, 0.4) is 0 Å². The molecule has 13 heavy (non-hydrogen) atoms. The van der Waals surface area contributed by atoms with E-state index in [1.54, 1.807) is 0 Å². The monoisotopic (exact) mass is 179 g/mol. The Morgan fingerprint density at radius 3 is 2.38 bits per heavy atom. The summed E-state index contributed by atoms with van der Waals surface area (Å²) in [5.41, 5.74) is 6.54. The SMILES string of the molecule is CC(C)Cc1ncc(CCN)cn1. The zero-order valence-electron chi connectivity index (χ0n) is 8.33. The van der Waals surface area contributed by atoms with Gasteiger partial charge in [0.2, 0.25) is 0 Å². The summed E-state index contributed by atoms with van der Waals surface area (Å²) in [6.45, 7) is 4.99. The lowest BCUT2D eigenvalue weighted by Crippen LogP contribution is -2.05. The third-order valence-corrected chi connectivity index (χ3v) is 1.78. The van der Waals surface area contributed by atoms with Crippen molar-refractivity contribution in [3.63, 3.8) is 0 Å². The molecule has 0 bridgehead atoms. The van der Waals surface area contributed by atoms with Gasteiger partial charge in [-0.15, -0.1) is 0 Å². The average molecular weight is 179 g/mol. The normalized spacial score (nSPS) is 10.8. The first-order valence-corrected chi connectivity index (χ1v) is 4.72. The summed E-state index contributed by atoms with van der Waals surface area (Å²) in [6, 6.07) is 0. The van der Waals surface area contributed by atoms with Crippen LogP contribution < -0.4 is 5.73 Å². The summed E-state index contributed by atoms with van der Waals surface area (Å²) in [5, 5.41) is 0. The molecule has 0 radical (unpaired) electrons. The van der Waals surface area contributed by atoms with Crippen molar-refractivity contribution in [3.05, 3.63) is 23.8 Å². The molecule has 0 unspecified atom stereocenters. The average Bonchev–Trinajstić information content (AvgIpc) is 2.08. The maximum absolute atomic E-state index is 5.42. The molecule has 1 aromatic rings. The Morgan fingerprint density at radius 1 is 1.31 bits per heavy atom. The highest BCUT2D eigenvalue weighted by Crippen LogP contribution is 2.03. The Morgan fingerprint density at radius 2 is 1.92 bits per heavy atom. The fourth-order valence-electron chi connectivity index (χ4n) is 1.15. The number of nitrogens with two attached hydrogens (primary N) is 1. The molecule has 0 aromatic carbocycles. The summed E-state index contributed by atoms with van der Waals surface area (Å²) in [7, 11) is 0. The Labute approximate surface area is 79.4 Å². The van der Waals surface area contributed by atoms with Crippen LogP contribution in [0.15, 0.2) is 12.4 Å². The lowest BCUT2D eigenvalue weighted by molar-refractivity contribution is 0.619. The Balaban J connectivity index is 2.59. The van der Waals surface area contributed by atoms with Gasteiger partial charge in [-0.05, 0) is 24.4 Å². The van der Waals surface area contributed by atoms with E-state index in [4.69, 9.17) is 5.73 Å². The number of hydrogen-bond donors (Lipinski definition) is 1. The summed E-state index contributed by atoms with van der Waals surface area (Å²) in [4.78, 5) is 8.54. The molecule has 0 aliphatic rings. The predicted molar refractivity (Wildman–Crippen MR) is 53.3 cm³/mol. The minimum absolute atomic E-state index is 0.611. The Kier molecular flexibility index (Phi) is 3.83. The second-order valence-electron chi connectivity index (χ2n) is 3.64. The van der Waals surface area contributed by atoms with Crippen LogP contribution in [0.2, 0.25) is 0 Å². The van der Waals surface area contributed by atoms with Crippen LogP contribution in [-0.4, -0.2) is 16.5 Å². The van der Waals surface area contributed by atoms with Gasteiger partial charge in [0.1, 0.15) is 5.82 Å². The molecule has 0 fully saturated rings. The van der Waals surface area contributed by atoms with Crippen LogP contribution >= 0.6 is 0 Å². The fourth-order valence-corrected chi connectivity index (χ4v) is 1.15. The lowest BCUT2D eigenvalue weighted by atomic mass is 10.1. The molecule has 0 saturated carbocycles. The maximum Gasteiger partial charge on any atom is 0.128 e. The molecule has 0 aliphatic carbocycles. The van der Waals surface area contributed by atoms with Gasteiger partial charge in [0.15, 0.2) is 0 Å².